The molecule has 1 aromatic carbocycles. The number of hydrogen-bond donors (Lipinski definition) is 2. The Labute approximate surface area is 146 Å². The van der Waals surface area contributed by atoms with E-state index in [0.29, 0.717) is 6.54 Å². The van der Waals surface area contributed by atoms with Gasteiger partial charge in [-0.05, 0) is 57.0 Å². The van der Waals surface area contributed by atoms with Crippen molar-refractivity contribution in [3.05, 3.63) is 29.3 Å². The molecule has 0 spiro atoms. The number of rotatable bonds is 7. The zero-order valence-electron chi connectivity index (χ0n) is 15.4. The van der Waals surface area contributed by atoms with Gasteiger partial charge in [0.15, 0.2) is 5.96 Å². The van der Waals surface area contributed by atoms with E-state index in [1.165, 1.54) is 37.9 Å². The van der Waals surface area contributed by atoms with Crippen LogP contribution in [0.5, 0.6) is 5.75 Å². The second kappa shape index (κ2) is 10.2. The Balaban J connectivity index is 1.84. The molecule has 1 aliphatic heterocycles. The number of guanidine groups is 1. The van der Waals surface area contributed by atoms with Crippen molar-refractivity contribution < 1.29 is 4.74 Å². The summed E-state index contributed by atoms with van der Waals surface area (Å²) in [7, 11) is 1.70. The molecule has 0 radical (unpaired) electrons. The number of nitrogens with zero attached hydrogens (tertiary/aromatic N) is 2. The van der Waals surface area contributed by atoms with Crippen molar-refractivity contribution in [2.45, 2.75) is 39.7 Å². The first-order valence-corrected chi connectivity index (χ1v) is 9.11. The van der Waals surface area contributed by atoms with Gasteiger partial charge in [0.05, 0.1) is 13.7 Å². The van der Waals surface area contributed by atoms with E-state index in [9.17, 15) is 0 Å². The Kier molecular flexibility index (Phi) is 7.89. The van der Waals surface area contributed by atoms with Crippen molar-refractivity contribution >= 4 is 5.96 Å². The average molecular weight is 332 g/mol. The van der Waals surface area contributed by atoms with E-state index in [1.807, 2.05) is 6.07 Å². The zero-order valence-corrected chi connectivity index (χ0v) is 15.4. The molecule has 0 unspecified atom stereocenters. The van der Waals surface area contributed by atoms with Crippen LogP contribution >= 0.6 is 0 Å². The fraction of sp³-hybridized carbons (Fsp3) is 0.632. The molecule has 0 atom stereocenters. The highest BCUT2D eigenvalue weighted by atomic mass is 16.5. The fourth-order valence-electron chi connectivity index (χ4n) is 3.07. The highest BCUT2D eigenvalue weighted by Crippen LogP contribution is 2.18. The van der Waals surface area contributed by atoms with Crippen molar-refractivity contribution in [3.8, 4) is 5.75 Å². The van der Waals surface area contributed by atoms with E-state index in [1.54, 1.807) is 7.11 Å². The van der Waals surface area contributed by atoms with Gasteiger partial charge in [0.25, 0.3) is 0 Å². The van der Waals surface area contributed by atoms with Crippen molar-refractivity contribution in [1.29, 1.82) is 0 Å². The van der Waals surface area contributed by atoms with Gasteiger partial charge >= 0.3 is 0 Å². The lowest BCUT2D eigenvalue weighted by Gasteiger charge is -2.26. The Hall–Kier alpha value is -1.75. The van der Waals surface area contributed by atoms with Gasteiger partial charge in [-0.3, -0.25) is 0 Å². The second-order valence-corrected chi connectivity index (χ2v) is 6.33. The molecular weight excluding hydrogens is 300 g/mol. The third-order valence-corrected chi connectivity index (χ3v) is 4.39. The molecule has 2 rings (SSSR count). The molecule has 1 fully saturated rings. The summed E-state index contributed by atoms with van der Waals surface area (Å²) in [6, 6.07) is 6.23. The number of aliphatic imine (C=N–C) groups is 1. The van der Waals surface area contributed by atoms with Crippen LogP contribution in [0.4, 0.5) is 0 Å². The largest absolute Gasteiger partial charge is 0.496 e. The first kappa shape index (κ1) is 18.6. The third-order valence-electron chi connectivity index (χ3n) is 4.39. The van der Waals surface area contributed by atoms with Gasteiger partial charge < -0.3 is 20.3 Å². The molecule has 0 aromatic heterocycles. The maximum Gasteiger partial charge on any atom is 0.191 e. The number of likely N-dealkylation sites (tertiary alicyclic amines) is 1. The third kappa shape index (κ3) is 6.04. The van der Waals surface area contributed by atoms with Crippen LogP contribution in [-0.2, 0) is 6.54 Å². The number of hydrogen-bond acceptors (Lipinski definition) is 3. The zero-order chi connectivity index (χ0) is 17.2. The van der Waals surface area contributed by atoms with Gasteiger partial charge in [0, 0.05) is 19.6 Å². The van der Waals surface area contributed by atoms with Crippen molar-refractivity contribution in [3.63, 3.8) is 0 Å². The minimum absolute atomic E-state index is 0.671. The molecule has 0 aliphatic carbocycles. The molecule has 24 heavy (non-hydrogen) atoms. The van der Waals surface area contributed by atoms with E-state index >= 15 is 0 Å². The van der Waals surface area contributed by atoms with Crippen LogP contribution in [0.25, 0.3) is 0 Å². The Morgan fingerprint density at radius 1 is 1.21 bits per heavy atom. The summed E-state index contributed by atoms with van der Waals surface area (Å²) in [6.07, 6.45) is 4.06. The van der Waals surface area contributed by atoms with Crippen molar-refractivity contribution in [2.24, 2.45) is 4.99 Å². The lowest BCUT2D eigenvalue weighted by molar-refractivity contribution is 0.232. The fourth-order valence-corrected chi connectivity index (χ4v) is 3.07. The maximum absolute atomic E-state index is 5.31. The number of aryl methyl sites for hydroxylation is 1. The Morgan fingerprint density at radius 3 is 2.67 bits per heavy atom. The van der Waals surface area contributed by atoms with Crippen LogP contribution in [-0.4, -0.2) is 50.7 Å². The average Bonchev–Trinajstić information content (AvgIpc) is 2.60. The molecule has 5 nitrogen and oxygen atoms in total. The van der Waals surface area contributed by atoms with Crippen LogP contribution in [0.3, 0.4) is 0 Å². The number of methoxy groups -OCH3 is 1. The highest BCUT2D eigenvalue weighted by Gasteiger charge is 2.09. The monoisotopic (exact) mass is 332 g/mol. The van der Waals surface area contributed by atoms with Gasteiger partial charge in [-0.1, -0.05) is 18.6 Å². The van der Waals surface area contributed by atoms with E-state index in [0.717, 1.165) is 36.9 Å². The predicted molar refractivity (Wildman–Crippen MR) is 101 cm³/mol. The molecule has 0 bridgehead atoms. The van der Waals surface area contributed by atoms with Gasteiger partial charge in [0.2, 0.25) is 0 Å². The molecule has 1 saturated heterocycles. The topological polar surface area (TPSA) is 48.9 Å². The highest BCUT2D eigenvalue weighted by molar-refractivity contribution is 5.79. The van der Waals surface area contributed by atoms with Crippen LogP contribution in [0.2, 0.25) is 0 Å². The summed E-state index contributed by atoms with van der Waals surface area (Å²) in [5.74, 6) is 1.82. The molecule has 2 N–H and O–H groups in total. The van der Waals surface area contributed by atoms with E-state index < -0.39 is 0 Å². The molecule has 0 saturated carbocycles. The number of piperidine rings is 1. The van der Waals surface area contributed by atoms with Crippen LogP contribution in [0.1, 0.15) is 37.3 Å². The Bertz CT molecular complexity index is 524. The SMILES string of the molecule is CCNC(=NCc1ccc(OC)c(C)c1)NCCN1CCCCC1. The summed E-state index contributed by atoms with van der Waals surface area (Å²) in [5.41, 5.74) is 2.34. The quantitative estimate of drug-likeness (QED) is 0.595. The van der Waals surface area contributed by atoms with E-state index in [4.69, 9.17) is 9.73 Å². The van der Waals surface area contributed by atoms with Crippen molar-refractivity contribution in [2.75, 3.05) is 39.8 Å². The number of nitrogens with one attached hydrogen (secondary N) is 2. The van der Waals surface area contributed by atoms with Gasteiger partial charge in [-0.2, -0.15) is 0 Å². The van der Waals surface area contributed by atoms with E-state index in [2.05, 4.69) is 41.5 Å². The summed E-state index contributed by atoms with van der Waals surface area (Å²) >= 11 is 0. The normalized spacial score (nSPS) is 16.0. The molecule has 5 heteroatoms. The molecular formula is C19H32N4O. The number of benzene rings is 1. The standard InChI is InChI=1S/C19H32N4O/c1-4-20-19(21-10-13-23-11-6-5-7-12-23)22-15-17-8-9-18(24-3)16(2)14-17/h8-9,14H,4-7,10-13,15H2,1-3H3,(H2,20,21,22). The second-order valence-electron chi connectivity index (χ2n) is 6.33. The molecule has 1 heterocycles. The molecule has 1 aromatic rings. The van der Waals surface area contributed by atoms with Crippen LogP contribution in [0.15, 0.2) is 23.2 Å². The number of ether oxygens (including phenoxy) is 1. The lowest BCUT2D eigenvalue weighted by Crippen LogP contribution is -2.42. The smallest absolute Gasteiger partial charge is 0.191 e. The summed E-state index contributed by atoms with van der Waals surface area (Å²) in [6.45, 7) is 10.2. The Morgan fingerprint density at radius 2 is 2.00 bits per heavy atom. The van der Waals surface area contributed by atoms with Gasteiger partial charge in [-0.15, -0.1) is 0 Å². The van der Waals surface area contributed by atoms with E-state index in [-0.39, 0.29) is 0 Å². The minimum atomic E-state index is 0.671. The lowest BCUT2D eigenvalue weighted by atomic mass is 10.1. The predicted octanol–water partition coefficient (Wildman–Crippen LogP) is 2.54. The van der Waals surface area contributed by atoms with Gasteiger partial charge in [-0.25, -0.2) is 4.99 Å². The molecule has 1 aliphatic rings. The summed E-state index contributed by atoms with van der Waals surface area (Å²) in [4.78, 5) is 7.23. The minimum Gasteiger partial charge on any atom is -0.496 e. The molecule has 134 valence electrons. The first-order chi connectivity index (χ1) is 11.7. The first-order valence-electron chi connectivity index (χ1n) is 9.11. The summed E-state index contributed by atoms with van der Waals surface area (Å²) in [5, 5.41) is 6.77. The van der Waals surface area contributed by atoms with Crippen LogP contribution in [0, 0.1) is 6.92 Å². The summed E-state index contributed by atoms with van der Waals surface area (Å²) < 4.78 is 5.31. The van der Waals surface area contributed by atoms with Crippen molar-refractivity contribution in [1.82, 2.24) is 15.5 Å². The molecule has 0 amide bonds. The van der Waals surface area contributed by atoms with Gasteiger partial charge in [0.1, 0.15) is 5.75 Å². The van der Waals surface area contributed by atoms with Crippen LogP contribution < -0.4 is 15.4 Å². The maximum atomic E-state index is 5.31.